The second-order valence-corrected chi connectivity index (χ2v) is 2.63. The summed E-state index contributed by atoms with van der Waals surface area (Å²) in [7, 11) is 0. The number of hydrogen-bond donors (Lipinski definition) is 1. The Hall–Kier alpha value is -1.01. The summed E-state index contributed by atoms with van der Waals surface area (Å²) in [5.41, 5.74) is 5.23. The lowest BCUT2D eigenvalue weighted by Gasteiger charge is -1.94. The van der Waals surface area contributed by atoms with Gasteiger partial charge in [0.05, 0.1) is 12.1 Å². The van der Waals surface area contributed by atoms with Crippen molar-refractivity contribution in [2.45, 2.75) is 25.3 Å². The molecule has 0 aliphatic heterocycles. The van der Waals surface area contributed by atoms with Crippen LogP contribution >= 0.6 is 0 Å². The molecule has 11 heavy (non-hydrogen) atoms. The summed E-state index contributed by atoms with van der Waals surface area (Å²) in [6, 6.07) is 0. The monoisotopic (exact) mass is 153 g/mol. The van der Waals surface area contributed by atoms with Gasteiger partial charge in [0.15, 0.2) is 0 Å². The molecule has 0 spiro atoms. The van der Waals surface area contributed by atoms with Crippen LogP contribution in [0.25, 0.3) is 0 Å². The minimum absolute atomic E-state index is 0.366. The highest BCUT2D eigenvalue weighted by Crippen LogP contribution is 2.30. The van der Waals surface area contributed by atoms with Crippen LogP contribution in [0, 0.1) is 11.8 Å². The number of hydrogen-bond acceptors (Lipinski definition) is 3. The summed E-state index contributed by atoms with van der Waals surface area (Å²) in [5, 5.41) is 0. The van der Waals surface area contributed by atoms with Crippen molar-refractivity contribution in [1.29, 1.82) is 0 Å². The molecule has 0 aromatic carbocycles. The van der Waals surface area contributed by atoms with E-state index in [4.69, 9.17) is 5.73 Å². The molecule has 0 aromatic heterocycles. The molecular formula is C8H11NO2. The Bertz CT molecular complexity index is 220. The summed E-state index contributed by atoms with van der Waals surface area (Å²) in [6.45, 7) is 2.11. The minimum Gasteiger partial charge on any atom is -0.456 e. The van der Waals surface area contributed by atoms with Crippen LogP contribution in [0.4, 0.5) is 0 Å². The van der Waals surface area contributed by atoms with Gasteiger partial charge >= 0.3 is 5.97 Å². The highest BCUT2D eigenvalue weighted by atomic mass is 16.5. The zero-order valence-electron chi connectivity index (χ0n) is 6.52. The molecule has 1 aliphatic carbocycles. The Morgan fingerprint density at radius 2 is 2.36 bits per heavy atom. The third-order valence-electron chi connectivity index (χ3n) is 1.48. The van der Waals surface area contributed by atoms with Crippen molar-refractivity contribution >= 4 is 5.97 Å². The molecule has 0 bridgehead atoms. The van der Waals surface area contributed by atoms with E-state index in [1.165, 1.54) is 0 Å². The van der Waals surface area contributed by atoms with Gasteiger partial charge in [-0.05, 0) is 19.8 Å². The SMILES string of the molecule is CCOC(=O)C#CC1(N)CC1. The van der Waals surface area contributed by atoms with E-state index in [2.05, 4.69) is 16.6 Å². The molecule has 60 valence electrons. The maximum absolute atomic E-state index is 10.7. The fourth-order valence-electron chi connectivity index (χ4n) is 0.602. The van der Waals surface area contributed by atoms with Crippen molar-refractivity contribution in [2.24, 2.45) is 5.73 Å². The van der Waals surface area contributed by atoms with E-state index in [9.17, 15) is 4.79 Å². The number of esters is 1. The van der Waals surface area contributed by atoms with E-state index in [0.717, 1.165) is 12.8 Å². The second kappa shape index (κ2) is 2.93. The largest absolute Gasteiger partial charge is 0.456 e. The van der Waals surface area contributed by atoms with Gasteiger partial charge in [0.25, 0.3) is 0 Å². The third-order valence-corrected chi connectivity index (χ3v) is 1.48. The molecule has 1 rings (SSSR count). The van der Waals surface area contributed by atoms with Crippen molar-refractivity contribution in [1.82, 2.24) is 0 Å². The van der Waals surface area contributed by atoms with Crippen molar-refractivity contribution in [3.05, 3.63) is 0 Å². The molecule has 0 unspecified atom stereocenters. The van der Waals surface area contributed by atoms with E-state index in [1.54, 1.807) is 6.92 Å². The second-order valence-electron chi connectivity index (χ2n) is 2.63. The molecule has 0 amide bonds. The van der Waals surface area contributed by atoms with E-state index >= 15 is 0 Å². The molecule has 3 heteroatoms. The average molecular weight is 153 g/mol. The predicted molar refractivity (Wildman–Crippen MR) is 40.6 cm³/mol. The van der Waals surface area contributed by atoms with Crippen LogP contribution in [-0.4, -0.2) is 18.1 Å². The number of carbonyl (C=O) groups excluding carboxylic acids is 1. The first-order valence-electron chi connectivity index (χ1n) is 3.65. The lowest BCUT2D eigenvalue weighted by atomic mass is 10.3. The first kappa shape index (κ1) is 8.09. The van der Waals surface area contributed by atoms with E-state index < -0.39 is 5.97 Å². The molecule has 0 saturated heterocycles. The summed E-state index contributed by atoms with van der Waals surface area (Å²) in [4.78, 5) is 10.7. The molecular weight excluding hydrogens is 142 g/mol. The van der Waals surface area contributed by atoms with Crippen LogP contribution in [0.15, 0.2) is 0 Å². The minimum atomic E-state index is -0.482. The first-order chi connectivity index (χ1) is 5.16. The van der Waals surface area contributed by atoms with Gasteiger partial charge in [-0.2, -0.15) is 0 Å². The third kappa shape index (κ3) is 2.60. The van der Waals surface area contributed by atoms with Crippen LogP contribution < -0.4 is 5.73 Å². The van der Waals surface area contributed by atoms with Gasteiger partial charge in [0, 0.05) is 5.92 Å². The lowest BCUT2D eigenvalue weighted by molar-refractivity contribution is -0.136. The summed E-state index contributed by atoms with van der Waals surface area (Å²) in [6.07, 6.45) is 1.78. The van der Waals surface area contributed by atoms with Gasteiger partial charge in [0.1, 0.15) is 0 Å². The summed E-state index contributed by atoms with van der Waals surface area (Å²) in [5.74, 6) is 4.54. The fourth-order valence-corrected chi connectivity index (χ4v) is 0.602. The molecule has 2 N–H and O–H groups in total. The molecule has 0 radical (unpaired) electrons. The van der Waals surface area contributed by atoms with Crippen molar-refractivity contribution < 1.29 is 9.53 Å². The zero-order valence-corrected chi connectivity index (χ0v) is 6.52. The molecule has 3 nitrogen and oxygen atoms in total. The molecule has 0 aromatic rings. The maximum atomic E-state index is 10.7. The van der Waals surface area contributed by atoms with Crippen LogP contribution in [0.1, 0.15) is 19.8 Å². The zero-order chi connectivity index (χ0) is 8.32. The molecule has 1 fully saturated rings. The van der Waals surface area contributed by atoms with Gasteiger partial charge in [0.2, 0.25) is 0 Å². The smallest absolute Gasteiger partial charge is 0.384 e. The van der Waals surface area contributed by atoms with Crippen molar-refractivity contribution in [2.75, 3.05) is 6.61 Å². The number of rotatable bonds is 1. The number of carbonyl (C=O) groups is 1. The van der Waals surface area contributed by atoms with Gasteiger partial charge in [-0.1, -0.05) is 5.92 Å². The molecule has 1 saturated carbocycles. The summed E-state index contributed by atoms with van der Waals surface area (Å²) < 4.78 is 4.60. The Balaban J connectivity index is 2.37. The maximum Gasteiger partial charge on any atom is 0.384 e. The standard InChI is InChI=1S/C8H11NO2/c1-2-11-7(10)3-4-8(9)5-6-8/h2,5-6,9H2,1H3. The van der Waals surface area contributed by atoms with Crippen molar-refractivity contribution in [3.63, 3.8) is 0 Å². The predicted octanol–water partition coefficient (Wildman–Crippen LogP) is 0.0442. The Morgan fingerprint density at radius 3 is 2.82 bits per heavy atom. The fraction of sp³-hybridized carbons (Fsp3) is 0.625. The first-order valence-corrected chi connectivity index (χ1v) is 3.65. The van der Waals surface area contributed by atoms with Crippen LogP contribution in [0.3, 0.4) is 0 Å². The molecule has 1 aliphatic rings. The highest BCUT2D eigenvalue weighted by Gasteiger charge is 2.36. The molecule has 0 heterocycles. The quantitative estimate of drug-likeness (QED) is 0.329. The number of ether oxygens (including phenoxy) is 1. The topological polar surface area (TPSA) is 52.3 Å². The van der Waals surface area contributed by atoms with Gasteiger partial charge in [-0.15, -0.1) is 0 Å². The van der Waals surface area contributed by atoms with Gasteiger partial charge in [-0.25, -0.2) is 4.79 Å². The average Bonchev–Trinajstić information content (AvgIpc) is 2.66. The normalized spacial score (nSPS) is 18.0. The Morgan fingerprint density at radius 1 is 1.73 bits per heavy atom. The Kier molecular flexibility index (Phi) is 2.16. The molecule has 0 atom stereocenters. The lowest BCUT2D eigenvalue weighted by Crippen LogP contribution is -2.19. The van der Waals surface area contributed by atoms with E-state index in [1.807, 2.05) is 0 Å². The van der Waals surface area contributed by atoms with E-state index in [-0.39, 0.29) is 5.54 Å². The van der Waals surface area contributed by atoms with Crippen molar-refractivity contribution in [3.8, 4) is 11.8 Å². The van der Waals surface area contributed by atoms with E-state index in [0.29, 0.717) is 6.61 Å². The van der Waals surface area contributed by atoms with Gasteiger partial charge in [-0.3, -0.25) is 0 Å². The van der Waals surface area contributed by atoms with Gasteiger partial charge < -0.3 is 10.5 Å². The highest BCUT2D eigenvalue weighted by molar-refractivity contribution is 5.88. The summed E-state index contributed by atoms with van der Waals surface area (Å²) >= 11 is 0. The van der Waals surface area contributed by atoms with Crippen LogP contribution in [0.2, 0.25) is 0 Å². The van der Waals surface area contributed by atoms with Crippen LogP contribution in [-0.2, 0) is 9.53 Å². The number of nitrogens with two attached hydrogens (primary N) is 1. The Labute approximate surface area is 65.9 Å². The van der Waals surface area contributed by atoms with Crippen LogP contribution in [0.5, 0.6) is 0 Å².